The number of Topliss-reactive ketones (excluding diaryl/α,β-unsaturated/α-hetero) is 1. The number of carbonyl (C=O) groups excluding carboxylic acids is 2. The molecule has 2 aliphatic rings. The van der Waals surface area contributed by atoms with E-state index in [-0.39, 0.29) is 17.3 Å². The Kier molecular flexibility index (Phi) is 4.48. The third kappa shape index (κ3) is 3.07. The number of aryl methyl sites for hydroxylation is 1. The number of carbonyl (C=O) groups is 2. The summed E-state index contributed by atoms with van der Waals surface area (Å²) in [6.07, 6.45) is 2.30. The average molecular weight is 452 g/mol. The lowest BCUT2D eigenvalue weighted by atomic mass is 9.97. The van der Waals surface area contributed by atoms with Gasteiger partial charge in [0.25, 0.3) is 5.78 Å². The van der Waals surface area contributed by atoms with Crippen molar-refractivity contribution in [3.8, 4) is 5.75 Å². The van der Waals surface area contributed by atoms with Gasteiger partial charge >= 0.3 is 5.91 Å². The number of aromatic amines is 1. The molecule has 1 saturated heterocycles. The molecule has 1 atom stereocenters. The van der Waals surface area contributed by atoms with Crippen molar-refractivity contribution < 1.29 is 19.4 Å². The Morgan fingerprint density at radius 2 is 2.03 bits per heavy atom. The molecule has 8 nitrogen and oxygen atoms in total. The van der Waals surface area contributed by atoms with Crippen LogP contribution in [0.25, 0.3) is 16.8 Å². The number of ketones is 1. The van der Waals surface area contributed by atoms with E-state index in [9.17, 15) is 14.7 Å². The summed E-state index contributed by atoms with van der Waals surface area (Å²) in [6, 6.07) is 15.3. The standard InChI is InChI=1S/C26H20N4O4/c1-14-5-7-17-19(12-14)29-26(28-17)30-22(18-4-2-3-10-27-18)21(24(32)25(30)33)23(31)16-6-8-20-15(13-16)9-11-34-20/h2-8,10,12-13,22,31H,9,11H2,1H3,(H,28,29)/b23-21+. The number of aliphatic hydroxyl groups is 1. The summed E-state index contributed by atoms with van der Waals surface area (Å²) in [5.41, 5.74) is 4.26. The Morgan fingerprint density at radius 1 is 1.15 bits per heavy atom. The third-order valence-electron chi connectivity index (χ3n) is 6.23. The van der Waals surface area contributed by atoms with Crippen LogP contribution < -0.4 is 9.64 Å². The number of amides is 1. The van der Waals surface area contributed by atoms with Crippen LogP contribution in [0.5, 0.6) is 5.75 Å². The molecule has 0 radical (unpaired) electrons. The van der Waals surface area contributed by atoms with Crippen LogP contribution in [-0.4, -0.2) is 38.4 Å². The van der Waals surface area contributed by atoms with Crippen molar-refractivity contribution in [3.05, 3.63) is 88.8 Å². The maximum absolute atomic E-state index is 13.3. The molecule has 8 heteroatoms. The summed E-state index contributed by atoms with van der Waals surface area (Å²) >= 11 is 0. The van der Waals surface area contributed by atoms with E-state index in [1.165, 1.54) is 4.90 Å². The van der Waals surface area contributed by atoms with Crippen LogP contribution in [0.2, 0.25) is 0 Å². The van der Waals surface area contributed by atoms with E-state index >= 15 is 0 Å². The van der Waals surface area contributed by atoms with Gasteiger partial charge in [-0.3, -0.25) is 19.5 Å². The molecule has 2 aromatic carbocycles. The highest BCUT2D eigenvalue weighted by Gasteiger charge is 2.48. The molecule has 1 unspecified atom stereocenters. The zero-order valence-corrected chi connectivity index (χ0v) is 18.3. The number of ether oxygens (including phenoxy) is 1. The summed E-state index contributed by atoms with van der Waals surface area (Å²) < 4.78 is 5.55. The first-order valence-corrected chi connectivity index (χ1v) is 11.0. The number of fused-ring (bicyclic) bond motifs is 2. The van der Waals surface area contributed by atoms with E-state index in [0.717, 1.165) is 22.4 Å². The molecule has 1 amide bonds. The van der Waals surface area contributed by atoms with E-state index in [2.05, 4.69) is 15.0 Å². The Bertz CT molecular complexity index is 1510. The van der Waals surface area contributed by atoms with Crippen molar-refractivity contribution in [1.82, 2.24) is 15.0 Å². The topological polar surface area (TPSA) is 108 Å². The average Bonchev–Trinajstić information content (AvgIpc) is 3.55. The van der Waals surface area contributed by atoms with E-state index in [0.29, 0.717) is 29.8 Å². The van der Waals surface area contributed by atoms with Crippen LogP contribution in [0.1, 0.15) is 28.4 Å². The number of pyridine rings is 1. The zero-order valence-electron chi connectivity index (χ0n) is 18.3. The molecule has 0 bridgehead atoms. The van der Waals surface area contributed by atoms with Gasteiger partial charge in [0.05, 0.1) is 28.9 Å². The summed E-state index contributed by atoms with van der Waals surface area (Å²) in [5.74, 6) is -0.840. The smallest absolute Gasteiger partial charge is 0.302 e. The highest BCUT2D eigenvalue weighted by atomic mass is 16.5. The van der Waals surface area contributed by atoms with Gasteiger partial charge < -0.3 is 14.8 Å². The number of imidazole rings is 1. The number of H-pyrrole nitrogens is 1. The summed E-state index contributed by atoms with van der Waals surface area (Å²) in [5, 5.41) is 11.3. The van der Waals surface area contributed by atoms with Gasteiger partial charge in [0.15, 0.2) is 0 Å². The molecular formula is C26H20N4O4. The van der Waals surface area contributed by atoms with E-state index in [1.54, 1.807) is 42.6 Å². The van der Waals surface area contributed by atoms with Crippen LogP contribution >= 0.6 is 0 Å². The fourth-order valence-electron chi connectivity index (χ4n) is 4.58. The number of anilines is 1. The highest BCUT2D eigenvalue weighted by Crippen LogP contribution is 2.41. The van der Waals surface area contributed by atoms with Crippen LogP contribution in [0, 0.1) is 6.92 Å². The maximum Gasteiger partial charge on any atom is 0.302 e. The second-order valence-corrected chi connectivity index (χ2v) is 8.43. The third-order valence-corrected chi connectivity index (χ3v) is 6.23. The van der Waals surface area contributed by atoms with Gasteiger partial charge in [0.2, 0.25) is 5.95 Å². The molecule has 168 valence electrons. The molecule has 1 fully saturated rings. The Balaban J connectivity index is 1.54. The first-order chi connectivity index (χ1) is 16.5. The molecule has 0 aliphatic carbocycles. The quantitative estimate of drug-likeness (QED) is 0.278. The lowest BCUT2D eigenvalue weighted by Gasteiger charge is -2.22. The van der Waals surface area contributed by atoms with Crippen LogP contribution in [-0.2, 0) is 16.0 Å². The van der Waals surface area contributed by atoms with E-state index in [4.69, 9.17) is 4.74 Å². The summed E-state index contributed by atoms with van der Waals surface area (Å²) in [6.45, 7) is 2.53. The first-order valence-electron chi connectivity index (χ1n) is 11.0. The van der Waals surface area contributed by atoms with Crippen LogP contribution in [0.3, 0.4) is 0 Å². The van der Waals surface area contributed by atoms with Gasteiger partial charge in [-0.2, -0.15) is 0 Å². The largest absolute Gasteiger partial charge is 0.507 e. The molecule has 0 spiro atoms. The minimum atomic E-state index is -0.938. The first kappa shape index (κ1) is 20.2. The van der Waals surface area contributed by atoms with Crippen LogP contribution in [0.15, 0.2) is 66.4 Å². The van der Waals surface area contributed by atoms with Crippen molar-refractivity contribution in [1.29, 1.82) is 0 Å². The lowest BCUT2D eigenvalue weighted by molar-refractivity contribution is -0.132. The number of hydrogen-bond acceptors (Lipinski definition) is 6. The molecule has 4 aromatic rings. The van der Waals surface area contributed by atoms with Gasteiger partial charge in [0.1, 0.15) is 17.6 Å². The number of hydrogen-bond donors (Lipinski definition) is 2. The molecule has 0 saturated carbocycles. The van der Waals surface area contributed by atoms with Crippen molar-refractivity contribution >= 4 is 34.4 Å². The van der Waals surface area contributed by atoms with E-state index < -0.39 is 17.7 Å². The predicted molar refractivity (Wildman–Crippen MR) is 125 cm³/mol. The maximum atomic E-state index is 13.3. The normalized spacial score (nSPS) is 19.0. The van der Waals surface area contributed by atoms with Crippen LogP contribution in [0.4, 0.5) is 5.95 Å². The second kappa shape index (κ2) is 7.55. The van der Waals surface area contributed by atoms with Gasteiger partial charge in [0, 0.05) is 18.2 Å². The fraction of sp³-hybridized carbons (Fsp3) is 0.154. The number of nitrogens with one attached hydrogen (secondary N) is 1. The Labute approximate surface area is 194 Å². The summed E-state index contributed by atoms with van der Waals surface area (Å²) in [7, 11) is 0. The predicted octanol–water partition coefficient (Wildman–Crippen LogP) is 3.83. The Morgan fingerprint density at radius 3 is 2.85 bits per heavy atom. The number of nitrogens with zero attached hydrogens (tertiary/aromatic N) is 3. The van der Waals surface area contributed by atoms with Crippen molar-refractivity contribution in [2.45, 2.75) is 19.4 Å². The lowest BCUT2D eigenvalue weighted by Crippen LogP contribution is -2.30. The van der Waals surface area contributed by atoms with Gasteiger partial charge in [-0.25, -0.2) is 4.98 Å². The molecular weight excluding hydrogens is 432 g/mol. The Hall–Kier alpha value is -4.46. The number of benzene rings is 2. The number of aromatic nitrogens is 3. The summed E-state index contributed by atoms with van der Waals surface area (Å²) in [4.78, 5) is 40.0. The second-order valence-electron chi connectivity index (χ2n) is 8.43. The molecule has 34 heavy (non-hydrogen) atoms. The minimum absolute atomic E-state index is 0.0285. The van der Waals surface area contributed by atoms with Crippen molar-refractivity contribution in [2.24, 2.45) is 0 Å². The number of aliphatic hydroxyl groups excluding tert-OH is 1. The molecule has 2 N–H and O–H groups in total. The van der Waals surface area contributed by atoms with E-state index in [1.807, 2.05) is 25.1 Å². The van der Waals surface area contributed by atoms with Crippen molar-refractivity contribution in [2.75, 3.05) is 11.5 Å². The molecule has 6 rings (SSSR count). The minimum Gasteiger partial charge on any atom is -0.507 e. The molecule has 2 aromatic heterocycles. The van der Waals surface area contributed by atoms with Crippen molar-refractivity contribution in [3.63, 3.8) is 0 Å². The highest BCUT2D eigenvalue weighted by molar-refractivity contribution is 6.51. The fourth-order valence-corrected chi connectivity index (χ4v) is 4.58. The number of rotatable bonds is 3. The molecule has 4 heterocycles. The monoisotopic (exact) mass is 452 g/mol. The SMILES string of the molecule is Cc1ccc2nc(N3C(=O)C(=O)/C(=C(/O)c4ccc5c(c4)CCO5)C3c3ccccn3)[nH]c2c1. The molecule has 2 aliphatic heterocycles. The van der Waals surface area contributed by atoms with Gasteiger partial charge in [-0.15, -0.1) is 0 Å². The van der Waals surface area contributed by atoms with Gasteiger partial charge in [-0.1, -0.05) is 12.1 Å². The van der Waals surface area contributed by atoms with Gasteiger partial charge in [-0.05, 0) is 60.5 Å². The zero-order chi connectivity index (χ0) is 23.4.